The highest BCUT2D eigenvalue weighted by molar-refractivity contribution is 9.10. The lowest BCUT2D eigenvalue weighted by atomic mass is 10.1. The number of halogens is 4. The zero-order valence-corrected chi connectivity index (χ0v) is 11.9. The van der Waals surface area contributed by atoms with Gasteiger partial charge in [0.15, 0.2) is 0 Å². The summed E-state index contributed by atoms with van der Waals surface area (Å²) < 4.78 is 38.4. The smallest absolute Gasteiger partial charge is 0.327 e. The number of rotatable bonds is 3. The summed E-state index contributed by atoms with van der Waals surface area (Å²) in [6.07, 6.45) is -3.06. The molecule has 1 saturated carbocycles. The summed E-state index contributed by atoms with van der Waals surface area (Å²) in [4.78, 5) is 13.1. The fraction of sp³-hybridized carbons (Fsp3) is 0.462. The minimum Gasteiger partial charge on any atom is -0.327 e. The van der Waals surface area contributed by atoms with Crippen molar-refractivity contribution in [3.05, 3.63) is 33.8 Å². The van der Waals surface area contributed by atoms with Crippen LogP contribution < -0.4 is 0 Å². The fourth-order valence-corrected chi connectivity index (χ4v) is 2.14. The number of amides is 1. The topological polar surface area (TPSA) is 20.3 Å². The highest BCUT2D eigenvalue weighted by Gasteiger charge is 2.40. The van der Waals surface area contributed by atoms with Crippen LogP contribution in [0.3, 0.4) is 0 Å². The zero-order chi connectivity index (χ0) is 14.2. The van der Waals surface area contributed by atoms with Crippen molar-refractivity contribution in [2.75, 3.05) is 6.54 Å². The highest BCUT2D eigenvalue weighted by Crippen LogP contribution is 2.31. The van der Waals surface area contributed by atoms with E-state index in [2.05, 4.69) is 15.9 Å². The summed E-state index contributed by atoms with van der Waals surface area (Å²) in [5.41, 5.74) is 1.13. The Bertz CT molecular complexity index is 497. The van der Waals surface area contributed by atoms with Crippen molar-refractivity contribution < 1.29 is 18.0 Å². The van der Waals surface area contributed by atoms with E-state index >= 15 is 0 Å². The molecule has 0 radical (unpaired) electrons. The standard InChI is InChI=1S/C13H13BrF3NO/c1-8-6-9(2-5-11(8)14)12(19)18(10-3-4-10)7-13(15,16)17/h2,5-6,10H,3-4,7H2,1H3. The molecule has 19 heavy (non-hydrogen) atoms. The van der Waals surface area contributed by atoms with Crippen molar-refractivity contribution in [3.63, 3.8) is 0 Å². The van der Waals surface area contributed by atoms with Gasteiger partial charge in [-0.1, -0.05) is 15.9 Å². The van der Waals surface area contributed by atoms with E-state index in [-0.39, 0.29) is 6.04 Å². The summed E-state index contributed by atoms with van der Waals surface area (Å²) in [6, 6.07) is 4.57. The number of benzene rings is 1. The number of carbonyl (C=O) groups excluding carboxylic acids is 1. The monoisotopic (exact) mass is 335 g/mol. The Kier molecular flexibility index (Phi) is 3.90. The van der Waals surface area contributed by atoms with Crippen molar-refractivity contribution in [1.82, 2.24) is 4.90 Å². The van der Waals surface area contributed by atoms with Crippen LogP contribution in [-0.2, 0) is 0 Å². The molecule has 2 nitrogen and oxygen atoms in total. The molecule has 1 amide bonds. The SMILES string of the molecule is Cc1cc(C(=O)N(CC(F)(F)F)C2CC2)ccc1Br. The van der Waals surface area contributed by atoms with E-state index in [4.69, 9.17) is 0 Å². The minimum absolute atomic E-state index is 0.266. The van der Waals surface area contributed by atoms with Crippen LogP contribution in [0.4, 0.5) is 13.2 Å². The van der Waals surface area contributed by atoms with Gasteiger partial charge in [0, 0.05) is 16.1 Å². The van der Waals surface area contributed by atoms with Gasteiger partial charge in [0.2, 0.25) is 0 Å². The van der Waals surface area contributed by atoms with Crippen LogP contribution in [0.1, 0.15) is 28.8 Å². The second kappa shape index (κ2) is 5.15. The first-order valence-electron chi connectivity index (χ1n) is 5.92. The summed E-state index contributed by atoms with van der Waals surface area (Å²) in [7, 11) is 0. The summed E-state index contributed by atoms with van der Waals surface area (Å²) in [6.45, 7) is 0.623. The quantitative estimate of drug-likeness (QED) is 0.819. The number of hydrogen-bond donors (Lipinski definition) is 0. The molecule has 0 saturated heterocycles. The molecule has 0 bridgehead atoms. The molecule has 0 N–H and O–H groups in total. The first-order chi connectivity index (χ1) is 8.78. The maximum Gasteiger partial charge on any atom is 0.406 e. The maximum absolute atomic E-state index is 12.5. The van der Waals surface area contributed by atoms with Crippen molar-refractivity contribution in [2.24, 2.45) is 0 Å². The number of carbonyl (C=O) groups is 1. The molecule has 6 heteroatoms. The first kappa shape index (κ1) is 14.4. The molecular formula is C13H13BrF3NO. The van der Waals surface area contributed by atoms with Gasteiger partial charge in [-0.25, -0.2) is 0 Å². The number of hydrogen-bond acceptors (Lipinski definition) is 1. The number of nitrogens with zero attached hydrogens (tertiary/aromatic N) is 1. The van der Waals surface area contributed by atoms with Crippen LogP contribution in [-0.4, -0.2) is 29.6 Å². The molecule has 0 aliphatic heterocycles. The Morgan fingerprint density at radius 1 is 1.42 bits per heavy atom. The molecule has 2 rings (SSSR count). The first-order valence-corrected chi connectivity index (χ1v) is 6.71. The molecule has 1 aliphatic rings. The molecular weight excluding hydrogens is 323 g/mol. The van der Waals surface area contributed by atoms with Crippen molar-refractivity contribution in [3.8, 4) is 0 Å². The molecule has 1 aromatic carbocycles. The highest BCUT2D eigenvalue weighted by atomic mass is 79.9. The van der Waals surface area contributed by atoms with Crippen LogP contribution in [0.25, 0.3) is 0 Å². The van der Waals surface area contributed by atoms with Gasteiger partial charge in [-0.2, -0.15) is 13.2 Å². The van der Waals surface area contributed by atoms with Crippen LogP contribution in [0, 0.1) is 6.92 Å². The average molecular weight is 336 g/mol. The Morgan fingerprint density at radius 3 is 2.53 bits per heavy atom. The summed E-state index contributed by atoms with van der Waals surface area (Å²) >= 11 is 3.30. The molecule has 0 heterocycles. The van der Waals surface area contributed by atoms with E-state index in [0.29, 0.717) is 18.4 Å². The van der Waals surface area contributed by atoms with Crippen LogP contribution in [0.2, 0.25) is 0 Å². The van der Waals surface area contributed by atoms with Gasteiger partial charge in [0.05, 0.1) is 0 Å². The minimum atomic E-state index is -4.36. The normalized spacial score (nSPS) is 15.4. The maximum atomic E-state index is 12.5. The van der Waals surface area contributed by atoms with Crippen molar-refractivity contribution in [1.29, 1.82) is 0 Å². The Balaban J connectivity index is 2.21. The molecule has 1 aromatic rings. The second-order valence-corrected chi connectivity index (χ2v) is 5.60. The van der Waals surface area contributed by atoms with E-state index in [1.54, 1.807) is 25.1 Å². The van der Waals surface area contributed by atoms with Crippen molar-refractivity contribution in [2.45, 2.75) is 32.0 Å². The molecule has 1 fully saturated rings. The van der Waals surface area contributed by atoms with Gasteiger partial charge in [-0.05, 0) is 43.5 Å². The van der Waals surface area contributed by atoms with Crippen LogP contribution in [0.5, 0.6) is 0 Å². The van der Waals surface area contributed by atoms with Crippen LogP contribution in [0.15, 0.2) is 22.7 Å². The van der Waals surface area contributed by atoms with Gasteiger partial charge >= 0.3 is 6.18 Å². The lowest BCUT2D eigenvalue weighted by molar-refractivity contribution is -0.141. The fourth-order valence-electron chi connectivity index (χ4n) is 1.89. The predicted molar refractivity (Wildman–Crippen MR) is 69.0 cm³/mol. The van der Waals surface area contributed by atoms with Gasteiger partial charge in [0.1, 0.15) is 6.54 Å². The molecule has 0 atom stereocenters. The van der Waals surface area contributed by atoms with Gasteiger partial charge < -0.3 is 4.90 Å². The Labute approximate surface area is 117 Å². The largest absolute Gasteiger partial charge is 0.406 e. The van der Waals surface area contributed by atoms with E-state index in [1.165, 1.54) is 0 Å². The second-order valence-electron chi connectivity index (χ2n) is 4.74. The number of alkyl halides is 3. The third-order valence-corrected chi connectivity index (χ3v) is 3.89. The summed E-state index contributed by atoms with van der Waals surface area (Å²) in [5, 5.41) is 0. The van der Waals surface area contributed by atoms with Gasteiger partial charge in [0.25, 0.3) is 5.91 Å². The zero-order valence-electron chi connectivity index (χ0n) is 10.3. The third kappa shape index (κ3) is 3.72. The van der Waals surface area contributed by atoms with Gasteiger partial charge in [-0.3, -0.25) is 4.79 Å². The Morgan fingerprint density at radius 2 is 2.05 bits per heavy atom. The van der Waals surface area contributed by atoms with E-state index < -0.39 is 18.6 Å². The summed E-state index contributed by atoms with van der Waals surface area (Å²) in [5.74, 6) is -0.546. The van der Waals surface area contributed by atoms with Crippen LogP contribution >= 0.6 is 15.9 Å². The van der Waals surface area contributed by atoms with Crippen molar-refractivity contribution >= 4 is 21.8 Å². The predicted octanol–water partition coefficient (Wildman–Crippen LogP) is 3.92. The Hall–Kier alpha value is -1.04. The van der Waals surface area contributed by atoms with E-state index in [1.807, 2.05) is 0 Å². The third-order valence-electron chi connectivity index (χ3n) is 3.00. The average Bonchev–Trinajstić information content (AvgIpc) is 3.11. The molecule has 0 unspecified atom stereocenters. The number of aryl methyl sites for hydroxylation is 1. The molecule has 1 aliphatic carbocycles. The van der Waals surface area contributed by atoms with E-state index in [0.717, 1.165) is 14.9 Å². The van der Waals surface area contributed by atoms with Gasteiger partial charge in [-0.15, -0.1) is 0 Å². The lowest BCUT2D eigenvalue weighted by Crippen LogP contribution is -2.40. The molecule has 104 valence electrons. The molecule has 0 spiro atoms. The lowest BCUT2D eigenvalue weighted by Gasteiger charge is -2.24. The molecule has 0 aromatic heterocycles. The van der Waals surface area contributed by atoms with E-state index in [9.17, 15) is 18.0 Å².